The van der Waals surface area contributed by atoms with Gasteiger partial charge in [-0.15, -0.1) is 0 Å². The lowest BCUT2D eigenvalue weighted by Crippen LogP contribution is -2.08. The maximum atomic E-state index is 13.0. The molecule has 7 nitrogen and oxygen atoms in total. The van der Waals surface area contributed by atoms with Crippen molar-refractivity contribution in [2.45, 2.75) is 0 Å². The highest BCUT2D eigenvalue weighted by molar-refractivity contribution is 5.88. The lowest BCUT2D eigenvalue weighted by atomic mass is 10.1. The molecule has 0 N–H and O–H groups in total. The second-order valence-electron chi connectivity index (χ2n) is 5.54. The Morgan fingerprint density at radius 2 is 1.33 bits per heavy atom. The zero-order valence-electron chi connectivity index (χ0n) is 15.7. The van der Waals surface area contributed by atoms with E-state index >= 15 is 0 Å². The van der Waals surface area contributed by atoms with Crippen molar-refractivity contribution in [3.63, 3.8) is 0 Å². The lowest BCUT2D eigenvalue weighted by molar-refractivity contribution is 0.351. The second kappa shape index (κ2) is 7.49. The summed E-state index contributed by atoms with van der Waals surface area (Å²) in [6.45, 7) is 0. The summed E-state index contributed by atoms with van der Waals surface area (Å²) in [4.78, 5) is 13.0. The molecule has 0 aliphatic carbocycles. The number of fused-ring (bicyclic) bond motifs is 1. The summed E-state index contributed by atoms with van der Waals surface area (Å²) in [5, 5.41) is 0.328. The smallest absolute Gasteiger partial charge is 0.235 e. The molecule has 0 atom stereocenters. The van der Waals surface area contributed by atoms with Crippen LogP contribution in [0.2, 0.25) is 0 Å². The van der Waals surface area contributed by atoms with Crippen LogP contribution < -0.4 is 29.1 Å². The van der Waals surface area contributed by atoms with Crippen molar-refractivity contribution in [1.29, 1.82) is 0 Å². The van der Waals surface area contributed by atoms with Crippen LogP contribution >= 0.6 is 0 Å². The molecule has 142 valence electrons. The molecule has 0 amide bonds. The van der Waals surface area contributed by atoms with E-state index in [1.54, 1.807) is 37.4 Å². The Morgan fingerprint density at radius 3 is 1.93 bits per heavy atom. The zero-order chi connectivity index (χ0) is 19.6. The van der Waals surface area contributed by atoms with Crippen LogP contribution in [0.5, 0.6) is 28.7 Å². The summed E-state index contributed by atoms with van der Waals surface area (Å²) in [6, 6.07) is 8.44. The highest BCUT2D eigenvalue weighted by Crippen LogP contribution is 2.40. The zero-order valence-corrected chi connectivity index (χ0v) is 15.7. The molecule has 0 saturated heterocycles. The van der Waals surface area contributed by atoms with Gasteiger partial charge in [0.1, 0.15) is 0 Å². The number of rotatable bonds is 6. The predicted octanol–water partition coefficient (Wildman–Crippen LogP) is 3.50. The molecule has 1 aromatic heterocycles. The van der Waals surface area contributed by atoms with E-state index in [0.29, 0.717) is 33.9 Å². The molecule has 7 heteroatoms. The maximum Gasteiger partial charge on any atom is 0.235 e. The Kier molecular flexibility index (Phi) is 5.12. The molecule has 3 aromatic rings. The first-order chi connectivity index (χ1) is 13.1. The largest absolute Gasteiger partial charge is 0.493 e. The molecule has 0 aliphatic heterocycles. The van der Waals surface area contributed by atoms with Crippen molar-refractivity contribution >= 4 is 11.0 Å². The van der Waals surface area contributed by atoms with Gasteiger partial charge in [-0.3, -0.25) is 4.79 Å². The van der Waals surface area contributed by atoms with E-state index in [0.717, 1.165) is 0 Å². The SMILES string of the molecule is COc1ccc(-c2oc3c(OC)c(OC)ccc3c(=O)c2OC)cc1OC. The molecule has 0 unspecified atom stereocenters. The van der Waals surface area contributed by atoms with Gasteiger partial charge in [-0.2, -0.15) is 0 Å². The summed E-state index contributed by atoms with van der Waals surface area (Å²) in [5.74, 6) is 2.18. The molecular weight excluding hydrogens is 352 g/mol. The van der Waals surface area contributed by atoms with Gasteiger partial charge >= 0.3 is 0 Å². The highest BCUT2D eigenvalue weighted by Gasteiger charge is 2.22. The number of hydrogen-bond acceptors (Lipinski definition) is 7. The summed E-state index contributed by atoms with van der Waals surface area (Å²) >= 11 is 0. The molecular formula is C20H20O7. The van der Waals surface area contributed by atoms with Gasteiger partial charge in [-0.25, -0.2) is 0 Å². The summed E-state index contributed by atoms with van der Waals surface area (Å²) in [7, 11) is 7.50. The van der Waals surface area contributed by atoms with E-state index < -0.39 is 0 Å². The van der Waals surface area contributed by atoms with Crippen LogP contribution in [0.15, 0.2) is 39.5 Å². The quantitative estimate of drug-likeness (QED) is 0.655. The number of methoxy groups -OCH3 is 5. The first-order valence-corrected chi connectivity index (χ1v) is 8.07. The second-order valence-corrected chi connectivity index (χ2v) is 5.54. The fraction of sp³-hybridized carbons (Fsp3) is 0.250. The van der Waals surface area contributed by atoms with E-state index in [9.17, 15) is 4.79 Å². The van der Waals surface area contributed by atoms with Gasteiger partial charge in [0, 0.05) is 5.56 Å². The third-order valence-corrected chi connectivity index (χ3v) is 4.21. The Morgan fingerprint density at radius 1 is 0.704 bits per heavy atom. The Hall–Kier alpha value is -3.35. The van der Waals surface area contributed by atoms with E-state index in [2.05, 4.69) is 0 Å². The number of hydrogen-bond donors (Lipinski definition) is 0. The molecule has 0 bridgehead atoms. The molecule has 0 fully saturated rings. The molecule has 0 radical (unpaired) electrons. The summed E-state index contributed by atoms with van der Waals surface area (Å²) in [6.07, 6.45) is 0. The van der Waals surface area contributed by atoms with Crippen LogP contribution in [0, 0.1) is 0 Å². The third kappa shape index (κ3) is 3.01. The molecule has 0 spiro atoms. The van der Waals surface area contributed by atoms with E-state index in [1.165, 1.54) is 28.4 Å². The number of ether oxygens (including phenoxy) is 5. The minimum atomic E-state index is -0.315. The summed E-state index contributed by atoms with van der Waals surface area (Å²) in [5.41, 5.74) is 0.547. The molecule has 0 saturated carbocycles. The van der Waals surface area contributed by atoms with Gasteiger partial charge in [-0.1, -0.05) is 0 Å². The topological polar surface area (TPSA) is 76.4 Å². The van der Waals surface area contributed by atoms with Gasteiger partial charge in [0.2, 0.25) is 16.9 Å². The average molecular weight is 372 g/mol. The van der Waals surface area contributed by atoms with Crippen molar-refractivity contribution in [3.8, 4) is 40.1 Å². The molecule has 2 aromatic carbocycles. The van der Waals surface area contributed by atoms with E-state index in [1.807, 2.05) is 0 Å². The van der Waals surface area contributed by atoms with Crippen molar-refractivity contribution in [2.75, 3.05) is 35.5 Å². The van der Waals surface area contributed by atoms with Gasteiger partial charge in [-0.05, 0) is 30.3 Å². The number of benzene rings is 2. The monoisotopic (exact) mass is 372 g/mol. The molecule has 3 rings (SSSR count). The Balaban J connectivity index is 2.37. The minimum absolute atomic E-state index is 0.0851. The van der Waals surface area contributed by atoms with E-state index in [-0.39, 0.29) is 22.5 Å². The van der Waals surface area contributed by atoms with Crippen LogP contribution in [0.25, 0.3) is 22.3 Å². The molecule has 1 heterocycles. The van der Waals surface area contributed by atoms with Crippen LogP contribution in [0.3, 0.4) is 0 Å². The molecule has 27 heavy (non-hydrogen) atoms. The fourth-order valence-electron chi connectivity index (χ4n) is 2.91. The van der Waals surface area contributed by atoms with Crippen LogP contribution in [-0.2, 0) is 0 Å². The summed E-state index contributed by atoms with van der Waals surface area (Å²) < 4.78 is 32.7. The molecule has 0 aliphatic rings. The normalized spacial score (nSPS) is 10.6. The highest BCUT2D eigenvalue weighted by atomic mass is 16.5. The van der Waals surface area contributed by atoms with Crippen LogP contribution in [-0.4, -0.2) is 35.5 Å². The predicted molar refractivity (Wildman–Crippen MR) is 101 cm³/mol. The first kappa shape index (κ1) is 18.4. The first-order valence-electron chi connectivity index (χ1n) is 8.07. The average Bonchev–Trinajstić information content (AvgIpc) is 2.71. The van der Waals surface area contributed by atoms with Gasteiger partial charge < -0.3 is 28.1 Å². The van der Waals surface area contributed by atoms with Crippen molar-refractivity contribution in [1.82, 2.24) is 0 Å². The van der Waals surface area contributed by atoms with E-state index in [4.69, 9.17) is 28.1 Å². The minimum Gasteiger partial charge on any atom is -0.493 e. The van der Waals surface area contributed by atoms with Crippen molar-refractivity contribution < 1.29 is 28.1 Å². The van der Waals surface area contributed by atoms with Gasteiger partial charge in [0.25, 0.3) is 0 Å². The van der Waals surface area contributed by atoms with Crippen LogP contribution in [0.4, 0.5) is 0 Å². The van der Waals surface area contributed by atoms with Crippen molar-refractivity contribution in [3.05, 3.63) is 40.6 Å². The maximum absolute atomic E-state index is 13.0. The van der Waals surface area contributed by atoms with Gasteiger partial charge in [0.05, 0.1) is 40.9 Å². The fourth-order valence-corrected chi connectivity index (χ4v) is 2.91. The Labute approximate surface area is 156 Å². The third-order valence-electron chi connectivity index (χ3n) is 4.21. The standard InChI is InChI=1S/C20H20O7/c1-22-13-8-6-11(10-15(13)24-3)17-20(26-5)16(21)12-7-9-14(23-2)19(25-4)18(12)27-17/h6-10H,1-5H3. The van der Waals surface area contributed by atoms with Crippen molar-refractivity contribution in [2.24, 2.45) is 0 Å². The van der Waals surface area contributed by atoms with Crippen LogP contribution in [0.1, 0.15) is 0 Å². The lowest BCUT2D eigenvalue weighted by Gasteiger charge is -2.14. The van der Waals surface area contributed by atoms with Gasteiger partial charge in [0.15, 0.2) is 28.6 Å². The Bertz CT molecular complexity index is 1040.